The first-order valence-electron chi connectivity index (χ1n) is 11.5. The molecule has 0 spiro atoms. The number of amides is 2. The van der Waals surface area contributed by atoms with Crippen molar-refractivity contribution in [3.8, 4) is 11.1 Å². The first-order chi connectivity index (χ1) is 16.7. The van der Waals surface area contributed by atoms with Gasteiger partial charge in [-0.05, 0) is 68.0 Å². The SMILES string of the molecule is CCNC(=O)Nc1cc2c(-c3ccncc3)ccc(CN=C(CCC(=O)O)OC(C)(C)C)c2cn1. The molecule has 0 fully saturated rings. The summed E-state index contributed by atoms with van der Waals surface area (Å²) in [7, 11) is 0. The number of nitrogens with one attached hydrogen (secondary N) is 2. The molecule has 0 aliphatic carbocycles. The molecular formula is C26H31N5O4. The molecule has 2 amide bonds. The number of fused-ring (bicyclic) bond motifs is 1. The Labute approximate surface area is 204 Å². The topological polar surface area (TPSA) is 126 Å². The fourth-order valence-electron chi connectivity index (χ4n) is 3.51. The van der Waals surface area contributed by atoms with E-state index in [2.05, 4.69) is 25.6 Å². The van der Waals surface area contributed by atoms with Crippen molar-refractivity contribution < 1.29 is 19.4 Å². The summed E-state index contributed by atoms with van der Waals surface area (Å²) < 4.78 is 5.91. The van der Waals surface area contributed by atoms with E-state index in [9.17, 15) is 9.59 Å². The molecule has 3 aromatic rings. The lowest BCUT2D eigenvalue weighted by molar-refractivity contribution is -0.136. The van der Waals surface area contributed by atoms with Crippen molar-refractivity contribution in [3.63, 3.8) is 0 Å². The van der Waals surface area contributed by atoms with Gasteiger partial charge in [0, 0.05) is 36.9 Å². The molecule has 0 atom stereocenters. The third kappa shape index (κ3) is 7.49. The lowest BCUT2D eigenvalue weighted by Crippen LogP contribution is -2.28. The van der Waals surface area contributed by atoms with Gasteiger partial charge in [0.2, 0.25) is 0 Å². The third-order valence-corrected chi connectivity index (χ3v) is 4.96. The zero-order valence-electron chi connectivity index (χ0n) is 20.5. The number of urea groups is 1. The summed E-state index contributed by atoms with van der Waals surface area (Å²) in [5, 5.41) is 16.3. The fourth-order valence-corrected chi connectivity index (χ4v) is 3.51. The average molecular weight is 478 g/mol. The summed E-state index contributed by atoms with van der Waals surface area (Å²) in [5.41, 5.74) is 2.35. The van der Waals surface area contributed by atoms with Crippen LogP contribution >= 0.6 is 0 Å². The van der Waals surface area contributed by atoms with Gasteiger partial charge in [0.15, 0.2) is 5.90 Å². The molecule has 3 N–H and O–H groups in total. The molecule has 0 aliphatic heterocycles. The highest BCUT2D eigenvalue weighted by atomic mass is 16.5. The van der Waals surface area contributed by atoms with E-state index in [1.165, 1.54) is 0 Å². The van der Waals surface area contributed by atoms with Crippen LogP contribution in [0, 0.1) is 0 Å². The quantitative estimate of drug-likeness (QED) is 0.309. The van der Waals surface area contributed by atoms with Gasteiger partial charge in [-0.25, -0.2) is 9.78 Å². The second-order valence-corrected chi connectivity index (χ2v) is 8.93. The first kappa shape index (κ1) is 25.6. The van der Waals surface area contributed by atoms with Gasteiger partial charge in [-0.3, -0.25) is 20.1 Å². The number of pyridine rings is 2. The summed E-state index contributed by atoms with van der Waals surface area (Å²) in [6, 6.07) is 9.33. The van der Waals surface area contributed by atoms with Crippen molar-refractivity contribution in [2.75, 3.05) is 11.9 Å². The van der Waals surface area contributed by atoms with E-state index in [0.29, 0.717) is 24.8 Å². The molecule has 0 radical (unpaired) electrons. The minimum Gasteiger partial charge on any atom is -0.481 e. The van der Waals surface area contributed by atoms with E-state index in [0.717, 1.165) is 27.5 Å². The monoisotopic (exact) mass is 477 g/mol. The van der Waals surface area contributed by atoms with Crippen LogP contribution in [0.3, 0.4) is 0 Å². The van der Waals surface area contributed by atoms with E-state index in [4.69, 9.17) is 9.84 Å². The second kappa shape index (κ2) is 11.4. The predicted molar refractivity (Wildman–Crippen MR) is 137 cm³/mol. The minimum absolute atomic E-state index is 0.0624. The molecule has 0 saturated heterocycles. The highest BCUT2D eigenvalue weighted by Crippen LogP contribution is 2.32. The number of hydrogen-bond acceptors (Lipinski definition) is 6. The van der Waals surface area contributed by atoms with E-state index < -0.39 is 11.6 Å². The van der Waals surface area contributed by atoms with Gasteiger partial charge < -0.3 is 15.2 Å². The van der Waals surface area contributed by atoms with E-state index in [1.54, 1.807) is 18.6 Å². The molecule has 35 heavy (non-hydrogen) atoms. The van der Waals surface area contributed by atoms with Gasteiger partial charge in [0.05, 0.1) is 13.0 Å². The molecule has 0 saturated carbocycles. The fraction of sp³-hybridized carbons (Fsp3) is 0.346. The molecule has 0 unspecified atom stereocenters. The van der Waals surface area contributed by atoms with Crippen LogP contribution in [0.5, 0.6) is 0 Å². The lowest BCUT2D eigenvalue weighted by atomic mass is 9.96. The molecule has 0 aliphatic rings. The molecule has 3 rings (SSSR count). The van der Waals surface area contributed by atoms with E-state index in [-0.39, 0.29) is 18.9 Å². The largest absolute Gasteiger partial charge is 0.481 e. The van der Waals surface area contributed by atoms with Crippen LogP contribution in [0.1, 0.15) is 46.1 Å². The number of hydrogen-bond donors (Lipinski definition) is 3. The Morgan fingerprint density at radius 3 is 2.49 bits per heavy atom. The number of aliphatic carboxylic acids is 1. The molecule has 0 bridgehead atoms. The van der Waals surface area contributed by atoms with Crippen molar-refractivity contribution in [2.24, 2.45) is 4.99 Å². The molecule has 2 heterocycles. The van der Waals surface area contributed by atoms with Crippen molar-refractivity contribution in [3.05, 3.63) is 54.5 Å². The average Bonchev–Trinajstić information content (AvgIpc) is 2.80. The Bertz CT molecular complexity index is 1220. The first-order valence-corrected chi connectivity index (χ1v) is 11.5. The predicted octanol–water partition coefficient (Wildman–Crippen LogP) is 5.02. The maximum atomic E-state index is 12.0. The Balaban J connectivity index is 2.03. The van der Waals surface area contributed by atoms with E-state index >= 15 is 0 Å². The van der Waals surface area contributed by atoms with Crippen LogP contribution in [-0.2, 0) is 16.1 Å². The molecule has 184 valence electrons. The highest BCUT2D eigenvalue weighted by Gasteiger charge is 2.17. The summed E-state index contributed by atoms with van der Waals surface area (Å²) in [6.45, 7) is 8.34. The molecule has 1 aromatic carbocycles. The van der Waals surface area contributed by atoms with Crippen molar-refractivity contribution in [1.29, 1.82) is 0 Å². The van der Waals surface area contributed by atoms with Crippen molar-refractivity contribution >= 4 is 34.5 Å². The number of carboxylic acid groups (broad SMARTS) is 1. The Morgan fingerprint density at radius 1 is 1.09 bits per heavy atom. The van der Waals surface area contributed by atoms with Crippen LogP contribution in [0.15, 0.2) is 53.9 Å². The van der Waals surface area contributed by atoms with Crippen LogP contribution in [0.4, 0.5) is 10.6 Å². The third-order valence-electron chi connectivity index (χ3n) is 4.96. The Morgan fingerprint density at radius 2 is 1.83 bits per heavy atom. The molecular weight excluding hydrogens is 446 g/mol. The summed E-state index contributed by atoms with van der Waals surface area (Å²) in [4.78, 5) is 36.3. The normalized spacial score (nSPS) is 11.8. The van der Waals surface area contributed by atoms with E-state index in [1.807, 2.05) is 58.0 Å². The summed E-state index contributed by atoms with van der Waals surface area (Å²) in [6.07, 6.45) is 5.32. The van der Waals surface area contributed by atoms with Crippen LogP contribution in [0.2, 0.25) is 0 Å². The number of carbonyl (C=O) groups is 2. The lowest BCUT2D eigenvalue weighted by Gasteiger charge is -2.22. The number of rotatable bonds is 8. The number of aliphatic imine (C=N–C) groups is 1. The van der Waals surface area contributed by atoms with Crippen LogP contribution < -0.4 is 10.6 Å². The zero-order valence-corrected chi connectivity index (χ0v) is 20.5. The summed E-state index contributed by atoms with van der Waals surface area (Å²) in [5.74, 6) is -0.0786. The highest BCUT2D eigenvalue weighted by molar-refractivity contribution is 6.00. The number of ether oxygens (including phenoxy) is 1. The number of benzene rings is 1. The van der Waals surface area contributed by atoms with Gasteiger partial charge >= 0.3 is 12.0 Å². The second-order valence-electron chi connectivity index (χ2n) is 8.93. The standard InChI is InChI=1S/C26H31N5O4/c1-5-28-25(34)31-22-14-20-19(17-10-12-27-13-11-17)7-6-18(21(20)16-29-22)15-30-23(8-9-24(32)33)35-26(2,3)4/h6-7,10-14,16H,5,8-9,15H2,1-4H3,(H,32,33)(H2,28,29,31,34). The Kier molecular flexibility index (Phi) is 8.35. The number of anilines is 1. The van der Waals surface area contributed by atoms with Crippen LogP contribution in [0.25, 0.3) is 21.9 Å². The Hall–Kier alpha value is -4.01. The zero-order chi connectivity index (χ0) is 25.4. The smallest absolute Gasteiger partial charge is 0.320 e. The van der Waals surface area contributed by atoms with Gasteiger partial charge in [-0.15, -0.1) is 0 Å². The van der Waals surface area contributed by atoms with Crippen molar-refractivity contribution in [2.45, 2.75) is 52.7 Å². The van der Waals surface area contributed by atoms with Gasteiger partial charge in [0.25, 0.3) is 0 Å². The maximum absolute atomic E-state index is 12.0. The molecule has 2 aromatic heterocycles. The minimum atomic E-state index is -0.904. The van der Waals surface area contributed by atoms with Crippen molar-refractivity contribution in [1.82, 2.24) is 15.3 Å². The van der Waals surface area contributed by atoms with Gasteiger partial charge in [-0.2, -0.15) is 0 Å². The maximum Gasteiger partial charge on any atom is 0.320 e. The number of carbonyl (C=O) groups excluding carboxylic acids is 1. The molecule has 9 nitrogen and oxygen atoms in total. The molecule has 9 heteroatoms. The van der Waals surface area contributed by atoms with Gasteiger partial charge in [-0.1, -0.05) is 12.1 Å². The summed E-state index contributed by atoms with van der Waals surface area (Å²) >= 11 is 0. The number of nitrogens with zero attached hydrogens (tertiary/aromatic N) is 3. The van der Waals surface area contributed by atoms with Gasteiger partial charge in [0.1, 0.15) is 11.4 Å². The number of aromatic nitrogens is 2. The number of carboxylic acids is 1. The van der Waals surface area contributed by atoms with Crippen LogP contribution in [-0.4, -0.2) is 45.1 Å².